The van der Waals surface area contributed by atoms with Gasteiger partial charge in [-0.2, -0.15) is 4.57 Å². The number of aryl methyl sites for hydroxylation is 1. The summed E-state index contributed by atoms with van der Waals surface area (Å²) in [6, 6.07) is 23.1. The first-order valence-electron chi connectivity index (χ1n) is 8.68. The van der Waals surface area contributed by atoms with Crippen LogP contribution < -0.4 is 14.6 Å². The summed E-state index contributed by atoms with van der Waals surface area (Å²) in [5.41, 5.74) is 2.91. The van der Waals surface area contributed by atoms with Crippen molar-refractivity contribution in [3.05, 3.63) is 90.3 Å². The average molecular weight is 347 g/mol. The molecule has 132 valence electrons. The Morgan fingerprint density at radius 3 is 2.38 bits per heavy atom. The molecule has 0 aliphatic heterocycles. The lowest BCUT2D eigenvalue weighted by atomic mass is 10.2. The number of carbonyl (C=O) groups is 1. The van der Waals surface area contributed by atoms with E-state index in [0.717, 1.165) is 22.7 Å². The van der Waals surface area contributed by atoms with Gasteiger partial charge in [0.15, 0.2) is 11.9 Å². The Labute approximate surface area is 154 Å². The third-order valence-electron chi connectivity index (χ3n) is 4.27. The number of aromatic nitrogens is 1. The van der Waals surface area contributed by atoms with Crippen LogP contribution in [0.4, 0.5) is 5.69 Å². The third kappa shape index (κ3) is 4.48. The van der Waals surface area contributed by atoms with Crippen LogP contribution in [0.15, 0.2) is 79.0 Å². The maximum atomic E-state index is 12.5. The number of nitrogens with zero attached hydrogens (tertiary/aromatic N) is 1. The summed E-state index contributed by atoms with van der Waals surface area (Å²) in [6.07, 6.45) is 1.92. The van der Waals surface area contributed by atoms with Crippen molar-refractivity contribution in [1.82, 2.24) is 0 Å². The number of anilines is 1. The standard InChI is InChI=1S/C22H22N2O2/c1-17-8-6-7-15-24(17)18(2)22(25)23-20-11-13-21(14-12-20)26-16-19-9-4-3-5-10-19/h3-15,18H,16H2,1-2H3/p+1/t18-/m0/s1. The molecule has 26 heavy (non-hydrogen) atoms. The van der Waals surface area contributed by atoms with Crippen LogP contribution in [0.2, 0.25) is 0 Å². The molecule has 0 saturated carbocycles. The molecule has 0 saturated heterocycles. The van der Waals surface area contributed by atoms with Gasteiger partial charge < -0.3 is 10.1 Å². The van der Waals surface area contributed by atoms with Gasteiger partial charge in [0.1, 0.15) is 12.4 Å². The fraction of sp³-hybridized carbons (Fsp3) is 0.182. The molecule has 1 aromatic heterocycles. The van der Waals surface area contributed by atoms with Crippen LogP contribution in [0, 0.1) is 6.92 Å². The summed E-state index contributed by atoms with van der Waals surface area (Å²) >= 11 is 0. The molecule has 0 fully saturated rings. The highest BCUT2D eigenvalue weighted by Gasteiger charge is 2.23. The Kier molecular flexibility index (Phi) is 5.64. The fourth-order valence-corrected chi connectivity index (χ4v) is 2.72. The zero-order chi connectivity index (χ0) is 18.4. The number of amides is 1. The summed E-state index contributed by atoms with van der Waals surface area (Å²) < 4.78 is 7.72. The van der Waals surface area contributed by atoms with Crippen LogP contribution in [0.1, 0.15) is 24.2 Å². The van der Waals surface area contributed by atoms with E-state index in [0.29, 0.717) is 6.61 Å². The second kappa shape index (κ2) is 8.30. The van der Waals surface area contributed by atoms with Crippen molar-refractivity contribution in [3.8, 4) is 5.75 Å². The van der Waals surface area contributed by atoms with E-state index in [1.54, 1.807) is 0 Å². The summed E-state index contributed by atoms with van der Waals surface area (Å²) in [4.78, 5) is 12.5. The molecule has 1 heterocycles. The van der Waals surface area contributed by atoms with Crippen LogP contribution >= 0.6 is 0 Å². The molecule has 0 unspecified atom stereocenters. The highest BCUT2D eigenvalue weighted by Crippen LogP contribution is 2.18. The van der Waals surface area contributed by atoms with E-state index in [4.69, 9.17) is 4.74 Å². The number of ether oxygens (including phenoxy) is 1. The zero-order valence-electron chi connectivity index (χ0n) is 15.1. The topological polar surface area (TPSA) is 42.2 Å². The third-order valence-corrected chi connectivity index (χ3v) is 4.27. The first-order valence-corrected chi connectivity index (χ1v) is 8.68. The van der Waals surface area contributed by atoms with Gasteiger partial charge in [0.05, 0.1) is 0 Å². The van der Waals surface area contributed by atoms with E-state index in [1.807, 2.05) is 97.4 Å². The number of hydrogen-bond donors (Lipinski definition) is 1. The number of nitrogens with one attached hydrogen (secondary N) is 1. The molecular formula is C22H23N2O2+. The number of rotatable bonds is 6. The summed E-state index contributed by atoms with van der Waals surface area (Å²) in [7, 11) is 0. The SMILES string of the molecule is Cc1cccc[n+]1[C@@H](C)C(=O)Nc1ccc(OCc2ccccc2)cc1. The Hall–Kier alpha value is -3.14. The lowest BCUT2D eigenvalue weighted by Crippen LogP contribution is -2.46. The minimum Gasteiger partial charge on any atom is -0.489 e. The Morgan fingerprint density at radius 2 is 1.69 bits per heavy atom. The molecule has 0 spiro atoms. The quantitative estimate of drug-likeness (QED) is 0.683. The molecule has 0 aliphatic rings. The van der Waals surface area contributed by atoms with Crippen LogP contribution in [0.3, 0.4) is 0 Å². The molecule has 4 heteroatoms. The van der Waals surface area contributed by atoms with E-state index in [-0.39, 0.29) is 11.9 Å². The molecule has 3 rings (SSSR count). The van der Waals surface area contributed by atoms with Gasteiger partial charge in [-0.15, -0.1) is 0 Å². The monoisotopic (exact) mass is 347 g/mol. The molecule has 2 aromatic carbocycles. The normalized spacial score (nSPS) is 11.6. The molecule has 0 radical (unpaired) electrons. The largest absolute Gasteiger partial charge is 0.489 e. The van der Waals surface area contributed by atoms with Crippen molar-refractivity contribution in [3.63, 3.8) is 0 Å². The van der Waals surface area contributed by atoms with Gasteiger partial charge in [-0.3, -0.25) is 4.79 Å². The maximum absolute atomic E-state index is 12.5. The van der Waals surface area contributed by atoms with Crippen molar-refractivity contribution in [2.45, 2.75) is 26.5 Å². The average Bonchev–Trinajstić information content (AvgIpc) is 2.68. The lowest BCUT2D eigenvalue weighted by Gasteiger charge is -2.11. The summed E-state index contributed by atoms with van der Waals surface area (Å²) in [6.45, 7) is 4.40. The van der Waals surface area contributed by atoms with Crippen LogP contribution in [0.5, 0.6) is 5.75 Å². The predicted molar refractivity (Wildman–Crippen MR) is 102 cm³/mol. The number of pyridine rings is 1. The maximum Gasteiger partial charge on any atom is 0.293 e. The lowest BCUT2D eigenvalue weighted by molar-refractivity contribution is -0.711. The first-order chi connectivity index (χ1) is 12.6. The van der Waals surface area contributed by atoms with Gasteiger partial charge in [0, 0.05) is 31.7 Å². The van der Waals surface area contributed by atoms with E-state index in [9.17, 15) is 4.79 Å². The first kappa shape index (κ1) is 17.7. The summed E-state index contributed by atoms with van der Waals surface area (Å²) in [5.74, 6) is 0.718. The minimum atomic E-state index is -0.287. The van der Waals surface area contributed by atoms with Gasteiger partial charge >= 0.3 is 0 Å². The second-order valence-corrected chi connectivity index (χ2v) is 6.21. The van der Waals surface area contributed by atoms with Crippen LogP contribution in [0.25, 0.3) is 0 Å². The van der Waals surface area contributed by atoms with E-state index >= 15 is 0 Å². The molecule has 1 N–H and O–H groups in total. The van der Waals surface area contributed by atoms with Gasteiger partial charge in [-0.05, 0) is 29.8 Å². The molecule has 0 bridgehead atoms. The predicted octanol–water partition coefficient (Wildman–Crippen LogP) is 4.06. The molecular weight excluding hydrogens is 324 g/mol. The minimum absolute atomic E-state index is 0.0535. The van der Waals surface area contributed by atoms with Gasteiger partial charge in [0.2, 0.25) is 6.04 Å². The van der Waals surface area contributed by atoms with Crippen LogP contribution in [-0.2, 0) is 11.4 Å². The van der Waals surface area contributed by atoms with Crippen LogP contribution in [-0.4, -0.2) is 5.91 Å². The molecule has 1 atom stereocenters. The Balaban J connectivity index is 1.58. The number of benzene rings is 2. The smallest absolute Gasteiger partial charge is 0.293 e. The highest BCUT2D eigenvalue weighted by atomic mass is 16.5. The van der Waals surface area contributed by atoms with E-state index in [2.05, 4.69) is 5.32 Å². The van der Waals surface area contributed by atoms with Crippen molar-refractivity contribution in [2.75, 3.05) is 5.32 Å². The number of carbonyl (C=O) groups excluding carboxylic acids is 1. The molecule has 1 amide bonds. The van der Waals surface area contributed by atoms with Crippen molar-refractivity contribution in [2.24, 2.45) is 0 Å². The number of hydrogen-bond acceptors (Lipinski definition) is 2. The highest BCUT2D eigenvalue weighted by molar-refractivity contribution is 5.92. The molecule has 4 nitrogen and oxygen atoms in total. The van der Waals surface area contributed by atoms with Crippen molar-refractivity contribution in [1.29, 1.82) is 0 Å². The fourth-order valence-electron chi connectivity index (χ4n) is 2.72. The van der Waals surface area contributed by atoms with Gasteiger partial charge in [-0.1, -0.05) is 36.4 Å². The molecule has 3 aromatic rings. The molecule has 0 aliphatic carbocycles. The van der Waals surface area contributed by atoms with E-state index < -0.39 is 0 Å². The van der Waals surface area contributed by atoms with Gasteiger partial charge in [0.25, 0.3) is 5.91 Å². The Morgan fingerprint density at radius 1 is 1.00 bits per heavy atom. The summed E-state index contributed by atoms with van der Waals surface area (Å²) in [5, 5.41) is 2.95. The second-order valence-electron chi connectivity index (χ2n) is 6.21. The van der Waals surface area contributed by atoms with E-state index in [1.165, 1.54) is 0 Å². The Bertz CT molecular complexity index is 861. The van der Waals surface area contributed by atoms with Crippen molar-refractivity contribution < 1.29 is 14.1 Å². The van der Waals surface area contributed by atoms with Crippen molar-refractivity contribution >= 4 is 11.6 Å². The zero-order valence-corrected chi connectivity index (χ0v) is 15.1. The van der Waals surface area contributed by atoms with Gasteiger partial charge in [-0.25, -0.2) is 0 Å².